The number of carbonyl (C=O) groups excluding carboxylic acids is 1. The van der Waals surface area contributed by atoms with Gasteiger partial charge in [0.2, 0.25) is 5.91 Å². The first kappa shape index (κ1) is 14.2. The van der Waals surface area contributed by atoms with Crippen LogP contribution in [0.1, 0.15) is 21.5 Å². The van der Waals surface area contributed by atoms with Crippen LogP contribution < -0.4 is 5.32 Å². The van der Waals surface area contributed by atoms with Crippen LogP contribution in [0.15, 0.2) is 12.1 Å². The van der Waals surface area contributed by atoms with Crippen LogP contribution in [0, 0.1) is 13.8 Å². The van der Waals surface area contributed by atoms with Crippen molar-refractivity contribution in [1.82, 2.24) is 4.90 Å². The lowest BCUT2D eigenvalue weighted by Crippen LogP contribution is -2.27. The quantitative estimate of drug-likeness (QED) is 0.849. The summed E-state index contributed by atoms with van der Waals surface area (Å²) in [6.07, 6.45) is 0. The number of amides is 1. The first-order valence-electron chi connectivity index (χ1n) is 5.60. The first-order chi connectivity index (χ1) is 8.31. The molecule has 5 nitrogen and oxygen atoms in total. The Morgan fingerprint density at radius 2 is 1.89 bits per heavy atom. The Hall–Kier alpha value is -1.88. The number of carbonyl (C=O) groups is 2. The molecule has 0 radical (unpaired) electrons. The topological polar surface area (TPSA) is 69.6 Å². The number of hydrogen-bond donors (Lipinski definition) is 2. The second kappa shape index (κ2) is 5.64. The average molecular weight is 250 g/mol. The molecule has 2 N–H and O–H groups in total. The predicted octanol–water partition coefficient (Wildman–Crippen LogP) is 1.50. The molecule has 1 rings (SSSR count). The molecule has 0 saturated carbocycles. The Kier molecular flexibility index (Phi) is 4.44. The fourth-order valence-corrected chi connectivity index (χ4v) is 1.64. The molecule has 0 aliphatic rings. The monoisotopic (exact) mass is 250 g/mol. The number of carboxylic acid groups (broad SMARTS) is 1. The molecule has 1 aromatic carbocycles. The SMILES string of the molecule is Cc1cc(NC(=O)CN(C)C)cc(C(=O)O)c1C. The van der Waals surface area contributed by atoms with E-state index in [2.05, 4.69) is 5.32 Å². The van der Waals surface area contributed by atoms with Crippen LogP contribution >= 0.6 is 0 Å². The highest BCUT2D eigenvalue weighted by atomic mass is 16.4. The van der Waals surface area contributed by atoms with Crippen LogP contribution in [0.25, 0.3) is 0 Å². The molecule has 0 aliphatic carbocycles. The summed E-state index contributed by atoms with van der Waals surface area (Å²) in [6, 6.07) is 3.26. The zero-order valence-corrected chi connectivity index (χ0v) is 11.1. The molecule has 0 aromatic heterocycles. The molecule has 0 atom stereocenters. The molecule has 0 spiro atoms. The van der Waals surface area contributed by atoms with E-state index in [1.165, 1.54) is 6.07 Å². The number of benzene rings is 1. The number of rotatable bonds is 4. The van der Waals surface area contributed by atoms with Crippen molar-refractivity contribution >= 4 is 17.6 Å². The molecule has 0 unspecified atom stereocenters. The van der Waals surface area contributed by atoms with Crippen LogP contribution in [0.5, 0.6) is 0 Å². The Morgan fingerprint density at radius 3 is 2.39 bits per heavy atom. The van der Waals surface area contributed by atoms with Crippen LogP contribution in [0.2, 0.25) is 0 Å². The summed E-state index contributed by atoms with van der Waals surface area (Å²) in [5.41, 5.74) is 2.29. The lowest BCUT2D eigenvalue weighted by molar-refractivity contribution is -0.116. The molecular formula is C13H18N2O3. The summed E-state index contributed by atoms with van der Waals surface area (Å²) in [5.74, 6) is -1.15. The number of hydrogen-bond acceptors (Lipinski definition) is 3. The van der Waals surface area contributed by atoms with Crippen LogP contribution in [0.3, 0.4) is 0 Å². The third-order valence-corrected chi connectivity index (χ3v) is 2.64. The lowest BCUT2D eigenvalue weighted by Gasteiger charge is -2.12. The molecule has 1 aromatic rings. The van der Waals surface area contributed by atoms with E-state index < -0.39 is 5.97 Å². The van der Waals surface area contributed by atoms with Crippen LogP contribution in [-0.2, 0) is 4.79 Å². The fourth-order valence-electron chi connectivity index (χ4n) is 1.64. The fraction of sp³-hybridized carbons (Fsp3) is 0.385. The van der Waals surface area contributed by atoms with E-state index in [1.54, 1.807) is 32.0 Å². The number of carboxylic acids is 1. The van der Waals surface area contributed by atoms with Gasteiger partial charge in [-0.15, -0.1) is 0 Å². The minimum Gasteiger partial charge on any atom is -0.478 e. The van der Waals surface area contributed by atoms with Gasteiger partial charge >= 0.3 is 5.97 Å². The summed E-state index contributed by atoms with van der Waals surface area (Å²) < 4.78 is 0. The third kappa shape index (κ3) is 3.56. The van der Waals surface area contributed by atoms with Crippen molar-refractivity contribution in [2.45, 2.75) is 13.8 Å². The average Bonchev–Trinajstić information content (AvgIpc) is 2.21. The molecule has 98 valence electrons. The van der Waals surface area contributed by atoms with E-state index in [-0.39, 0.29) is 18.0 Å². The normalized spacial score (nSPS) is 10.5. The van der Waals surface area contributed by atoms with Crippen molar-refractivity contribution in [2.75, 3.05) is 26.0 Å². The number of anilines is 1. The number of aryl methyl sites for hydroxylation is 1. The largest absolute Gasteiger partial charge is 0.478 e. The van der Waals surface area contributed by atoms with Crippen molar-refractivity contribution in [3.8, 4) is 0 Å². The Morgan fingerprint density at radius 1 is 1.28 bits per heavy atom. The van der Waals surface area contributed by atoms with Gasteiger partial charge < -0.3 is 15.3 Å². The van der Waals surface area contributed by atoms with Gasteiger partial charge in [-0.1, -0.05) is 0 Å². The van der Waals surface area contributed by atoms with Crippen molar-refractivity contribution < 1.29 is 14.7 Å². The van der Waals surface area contributed by atoms with E-state index in [1.807, 2.05) is 6.92 Å². The molecule has 0 bridgehead atoms. The predicted molar refractivity (Wildman–Crippen MR) is 70.1 cm³/mol. The van der Waals surface area contributed by atoms with Gasteiger partial charge in [0.15, 0.2) is 0 Å². The second-order valence-electron chi connectivity index (χ2n) is 4.56. The van der Waals surface area contributed by atoms with Gasteiger partial charge in [-0.2, -0.15) is 0 Å². The molecule has 0 saturated heterocycles. The van der Waals surface area contributed by atoms with E-state index in [4.69, 9.17) is 5.11 Å². The number of nitrogens with one attached hydrogen (secondary N) is 1. The second-order valence-corrected chi connectivity index (χ2v) is 4.56. The van der Waals surface area contributed by atoms with Gasteiger partial charge in [-0.3, -0.25) is 4.79 Å². The maximum Gasteiger partial charge on any atom is 0.336 e. The molecule has 1 amide bonds. The maximum atomic E-state index is 11.6. The molecule has 0 aliphatic heterocycles. The van der Waals surface area contributed by atoms with E-state index in [0.29, 0.717) is 11.3 Å². The van der Waals surface area contributed by atoms with Crippen LogP contribution in [0.4, 0.5) is 5.69 Å². The van der Waals surface area contributed by atoms with Gasteiger partial charge in [0.1, 0.15) is 0 Å². The van der Waals surface area contributed by atoms with E-state index in [9.17, 15) is 9.59 Å². The van der Waals surface area contributed by atoms with Gasteiger partial charge in [0.25, 0.3) is 0 Å². The highest BCUT2D eigenvalue weighted by Crippen LogP contribution is 2.20. The molecular weight excluding hydrogens is 232 g/mol. The summed E-state index contributed by atoms with van der Waals surface area (Å²) in [7, 11) is 3.59. The zero-order chi connectivity index (χ0) is 13.9. The number of likely N-dealkylation sites (N-methyl/N-ethyl adjacent to an activating group) is 1. The molecule has 5 heteroatoms. The van der Waals surface area contributed by atoms with E-state index in [0.717, 1.165) is 5.56 Å². The third-order valence-electron chi connectivity index (χ3n) is 2.64. The minimum absolute atomic E-state index is 0.167. The Balaban J connectivity index is 2.97. The Bertz CT molecular complexity index is 481. The zero-order valence-electron chi connectivity index (χ0n) is 11.1. The smallest absolute Gasteiger partial charge is 0.336 e. The molecule has 0 fully saturated rings. The maximum absolute atomic E-state index is 11.6. The lowest BCUT2D eigenvalue weighted by atomic mass is 10.0. The first-order valence-corrected chi connectivity index (χ1v) is 5.60. The minimum atomic E-state index is -0.987. The number of aromatic carboxylic acids is 1. The van der Waals surface area contributed by atoms with Gasteiger partial charge in [0.05, 0.1) is 12.1 Å². The van der Waals surface area contributed by atoms with Crippen molar-refractivity contribution in [2.24, 2.45) is 0 Å². The standard InChI is InChI=1S/C13H18N2O3/c1-8-5-10(14-12(16)7-15(3)4)6-11(9(8)2)13(17)18/h5-6H,7H2,1-4H3,(H,14,16)(H,17,18). The van der Waals surface area contributed by atoms with Gasteiger partial charge in [-0.25, -0.2) is 4.79 Å². The van der Waals surface area contributed by atoms with Crippen molar-refractivity contribution in [1.29, 1.82) is 0 Å². The highest BCUT2D eigenvalue weighted by Gasteiger charge is 2.12. The number of nitrogens with zero attached hydrogens (tertiary/aromatic N) is 1. The summed E-state index contributed by atoms with van der Waals surface area (Å²) >= 11 is 0. The summed E-state index contributed by atoms with van der Waals surface area (Å²) in [6.45, 7) is 3.84. The highest BCUT2D eigenvalue weighted by molar-refractivity contribution is 5.95. The Labute approximate surface area is 106 Å². The van der Waals surface area contributed by atoms with Gasteiger partial charge in [0, 0.05) is 5.69 Å². The summed E-state index contributed by atoms with van der Waals surface area (Å²) in [5, 5.41) is 11.8. The molecule has 0 heterocycles. The van der Waals surface area contributed by atoms with Gasteiger partial charge in [-0.05, 0) is 51.2 Å². The molecule has 18 heavy (non-hydrogen) atoms. The van der Waals surface area contributed by atoms with Crippen molar-refractivity contribution in [3.63, 3.8) is 0 Å². The van der Waals surface area contributed by atoms with Crippen LogP contribution in [-0.4, -0.2) is 42.5 Å². The summed E-state index contributed by atoms with van der Waals surface area (Å²) in [4.78, 5) is 24.4. The van der Waals surface area contributed by atoms with Crippen molar-refractivity contribution in [3.05, 3.63) is 28.8 Å². The van der Waals surface area contributed by atoms with E-state index >= 15 is 0 Å².